The van der Waals surface area contributed by atoms with Crippen molar-refractivity contribution in [2.24, 2.45) is 5.92 Å². The average Bonchev–Trinajstić information content (AvgIpc) is 2.81. The summed E-state index contributed by atoms with van der Waals surface area (Å²) in [6, 6.07) is 2.93. The molecule has 3 nitrogen and oxygen atoms in total. The first-order valence-corrected chi connectivity index (χ1v) is 6.07. The molecule has 3 N–H and O–H groups in total. The summed E-state index contributed by atoms with van der Waals surface area (Å²) in [6.45, 7) is 0.902. The SMILES string of the molecule is COc1cc(NCC2CCCC2)c(N)cc1F. The smallest absolute Gasteiger partial charge is 0.167 e. The van der Waals surface area contributed by atoms with Gasteiger partial charge in [-0.15, -0.1) is 0 Å². The summed E-state index contributed by atoms with van der Waals surface area (Å²) in [6.07, 6.45) is 5.17. The van der Waals surface area contributed by atoms with Crippen molar-refractivity contribution < 1.29 is 9.13 Å². The second kappa shape index (κ2) is 5.25. The molecule has 1 aliphatic carbocycles. The topological polar surface area (TPSA) is 47.3 Å². The van der Waals surface area contributed by atoms with Crippen LogP contribution in [0.2, 0.25) is 0 Å². The van der Waals surface area contributed by atoms with Crippen LogP contribution < -0.4 is 15.8 Å². The molecule has 1 aliphatic rings. The zero-order valence-corrected chi connectivity index (χ0v) is 10.1. The highest BCUT2D eigenvalue weighted by Crippen LogP contribution is 2.30. The van der Waals surface area contributed by atoms with Crippen molar-refractivity contribution in [3.05, 3.63) is 17.9 Å². The first kappa shape index (κ1) is 12.0. The third-order valence-corrected chi connectivity index (χ3v) is 3.38. The average molecular weight is 238 g/mol. The summed E-state index contributed by atoms with van der Waals surface area (Å²) < 4.78 is 18.3. The fourth-order valence-electron chi connectivity index (χ4n) is 2.35. The van der Waals surface area contributed by atoms with E-state index in [2.05, 4.69) is 5.32 Å². The first-order chi connectivity index (χ1) is 8.20. The second-order valence-corrected chi connectivity index (χ2v) is 4.61. The van der Waals surface area contributed by atoms with Crippen LogP contribution in [0.1, 0.15) is 25.7 Å². The van der Waals surface area contributed by atoms with E-state index in [1.165, 1.54) is 38.9 Å². The Hall–Kier alpha value is -1.45. The predicted molar refractivity (Wildman–Crippen MR) is 67.8 cm³/mol. The van der Waals surface area contributed by atoms with Gasteiger partial charge in [0.05, 0.1) is 18.5 Å². The van der Waals surface area contributed by atoms with Gasteiger partial charge in [0.1, 0.15) is 0 Å². The Kier molecular flexibility index (Phi) is 3.71. The molecule has 1 aromatic rings. The van der Waals surface area contributed by atoms with Crippen LogP contribution in [-0.4, -0.2) is 13.7 Å². The maximum absolute atomic E-state index is 13.3. The number of benzene rings is 1. The Labute approximate surface area is 101 Å². The zero-order chi connectivity index (χ0) is 12.3. The number of nitrogens with one attached hydrogen (secondary N) is 1. The summed E-state index contributed by atoms with van der Waals surface area (Å²) in [5, 5.41) is 3.29. The van der Waals surface area contributed by atoms with Gasteiger partial charge in [0.15, 0.2) is 11.6 Å². The Morgan fingerprint density at radius 1 is 1.41 bits per heavy atom. The zero-order valence-electron chi connectivity index (χ0n) is 10.1. The molecule has 0 saturated heterocycles. The van der Waals surface area contributed by atoms with Gasteiger partial charge in [0, 0.05) is 18.7 Å². The van der Waals surface area contributed by atoms with E-state index in [1.807, 2.05) is 0 Å². The van der Waals surface area contributed by atoms with Crippen molar-refractivity contribution in [3.63, 3.8) is 0 Å². The van der Waals surface area contributed by atoms with Crippen molar-refractivity contribution in [2.45, 2.75) is 25.7 Å². The number of hydrogen-bond acceptors (Lipinski definition) is 3. The third-order valence-electron chi connectivity index (χ3n) is 3.38. The highest BCUT2D eigenvalue weighted by Gasteiger charge is 2.15. The molecule has 1 saturated carbocycles. The lowest BCUT2D eigenvalue weighted by Crippen LogP contribution is -2.12. The summed E-state index contributed by atoms with van der Waals surface area (Å²) in [5.41, 5.74) is 6.96. The molecule has 0 spiro atoms. The largest absolute Gasteiger partial charge is 0.494 e. The van der Waals surface area contributed by atoms with Gasteiger partial charge in [-0.25, -0.2) is 4.39 Å². The minimum absolute atomic E-state index is 0.230. The summed E-state index contributed by atoms with van der Waals surface area (Å²) in [5.74, 6) is 0.523. The van der Waals surface area contributed by atoms with Crippen LogP contribution in [0.5, 0.6) is 5.75 Å². The van der Waals surface area contributed by atoms with E-state index in [0.717, 1.165) is 12.2 Å². The van der Waals surface area contributed by atoms with Crippen LogP contribution in [0, 0.1) is 11.7 Å². The van der Waals surface area contributed by atoms with Gasteiger partial charge in [-0.05, 0) is 18.8 Å². The minimum atomic E-state index is -0.420. The van der Waals surface area contributed by atoms with Crippen LogP contribution in [0.25, 0.3) is 0 Å². The second-order valence-electron chi connectivity index (χ2n) is 4.61. The number of hydrogen-bond donors (Lipinski definition) is 2. The van der Waals surface area contributed by atoms with Crippen LogP contribution in [-0.2, 0) is 0 Å². The van der Waals surface area contributed by atoms with Gasteiger partial charge in [-0.3, -0.25) is 0 Å². The number of rotatable bonds is 4. The highest BCUT2D eigenvalue weighted by atomic mass is 19.1. The van der Waals surface area contributed by atoms with E-state index in [1.54, 1.807) is 6.07 Å². The molecule has 0 unspecified atom stereocenters. The number of nitrogen functional groups attached to an aromatic ring is 1. The summed E-state index contributed by atoms with van der Waals surface area (Å²) >= 11 is 0. The highest BCUT2D eigenvalue weighted by molar-refractivity contribution is 5.68. The quantitative estimate of drug-likeness (QED) is 0.793. The third kappa shape index (κ3) is 2.81. The van der Waals surface area contributed by atoms with Crippen molar-refractivity contribution in [2.75, 3.05) is 24.7 Å². The molecule has 4 heteroatoms. The lowest BCUT2D eigenvalue weighted by atomic mass is 10.1. The monoisotopic (exact) mass is 238 g/mol. The number of ether oxygens (including phenoxy) is 1. The molecule has 1 aromatic carbocycles. The van der Waals surface area contributed by atoms with Crippen LogP contribution >= 0.6 is 0 Å². The standard InChI is InChI=1S/C13H19FN2O/c1-17-13-7-12(11(15)6-10(13)14)16-8-9-4-2-3-5-9/h6-7,9,16H,2-5,8,15H2,1H3. The van der Waals surface area contributed by atoms with Crippen LogP contribution in [0.15, 0.2) is 12.1 Å². The van der Waals surface area contributed by atoms with Crippen LogP contribution in [0.4, 0.5) is 15.8 Å². The van der Waals surface area contributed by atoms with Crippen molar-refractivity contribution >= 4 is 11.4 Å². The predicted octanol–water partition coefficient (Wildman–Crippen LogP) is 3.02. The van der Waals surface area contributed by atoms with Gasteiger partial charge in [0.2, 0.25) is 0 Å². The number of methoxy groups -OCH3 is 1. The fourth-order valence-corrected chi connectivity index (χ4v) is 2.35. The number of nitrogens with two attached hydrogens (primary N) is 1. The minimum Gasteiger partial charge on any atom is -0.494 e. The molecule has 0 bridgehead atoms. The van der Waals surface area contributed by atoms with Crippen molar-refractivity contribution in [1.82, 2.24) is 0 Å². The molecule has 0 aliphatic heterocycles. The van der Waals surface area contributed by atoms with Crippen molar-refractivity contribution in [3.8, 4) is 5.75 Å². The summed E-state index contributed by atoms with van der Waals surface area (Å²) in [4.78, 5) is 0. The maximum atomic E-state index is 13.3. The first-order valence-electron chi connectivity index (χ1n) is 6.07. The molecule has 0 aromatic heterocycles. The molecule has 94 valence electrons. The van der Waals surface area contributed by atoms with Gasteiger partial charge in [0.25, 0.3) is 0 Å². The normalized spacial score (nSPS) is 16.1. The molecular weight excluding hydrogens is 219 g/mol. The Bertz CT molecular complexity index is 389. The Balaban J connectivity index is 2.03. The number of halogens is 1. The van der Waals surface area contributed by atoms with Gasteiger partial charge >= 0.3 is 0 Å². The van der Waals surface area contributed by atoms with Gasteiger partial charge < -0.3 is 15.8 Å². The molecule has 17 heavy (non-hydrogen) atoms. The molecule has 1 fully saturated rings. The van der Waals surface area contributed by atoms with E-state index in [4.69, 9.17) is 10.5 Å². The maximum Gasteiger partial charge on any atom is 0.167 e. The summed E-state index contributed by atoms with van der Waals surface area (Å²) in [7, 11) is 1.45. The molecule has 0 atom stereocenters. The Morgan fingerprint density at radius 3 is 2.76 bits per heavy atom. The van der Waals surface area contributed by atoms with E-state index in [0.29, 0.717) is 11.6 Å². The fraction of sp³-hybridized carbons (Fsp3) is 0.538. The molecule has 2 rings (SSSR count). The molecule has 0 heterocycles. The lowest BCUT2D eigenvalue weighted by molar-refractivity contribution is 0.387. The van der Waals surface area contributed by atoms with E-state index < -0.39 is 5.82 Å². The van der Waals surface area contributed by atoms with Gasteiger partial charge in [-0.1, -0.05) is 12.8 Å². The van der Waals surface area contributed by atoms with E-state index in [9.17, 15) is 4.39 Å². The van der Waals surface area contributed by atoms with Crippen LogP contribution in [0.3, 0.4) is 0 Å². The van der Waals surface area contributed by atoms with E-state index >= 15 is 0 Å². The van der Waals surface area contributed by atoms with Gasteiger partial charge in [-0.2, -0.15) is 0 Å². The molecule has 0 amide bonds. The Morgan fingerprint density at radius 2 is 2.12 bits per heavy atom. The number of anilines is 2. The van der Waals surface area contributed by atoms with Crippen molar-refractivity contribution in [1.29, 1.82) is 0 Å². The molecule has 0 radical (unpaired) electrons. The van der Waals surface area contributed by atoms with E-state index in [-0.39, 0.29) is 5.75 Å². The molecular formula is C13H19FN2O. The lowest BCUT2D eigenvalue weighted by Gasteiger charge is -2.14.